The number of fused-ring (bicyclic) bond motifs is 1. The molecule has 0 saturated heterocycles. The zero-order valence-electron chi connectivity index (χ0n) is 11.8. The van der Waals surface area contributed by atoms with Gasteiger partial charge in [-0.3, -0.25) is 0 Å². The highest BCUT2D eigenvalue weighted by molar-refractivity contribution is 5.84. The van der Waals surface area contributed by atoms with Crippen molar-refractivity contribution >= 4 is 11.0 Å². The fourth-order valence-corrected chi connectivity index (χ4v) is 2.51. The Kier molecular flexibility index (Phi) is 3.24. The third kappa shape index (κ3) is 2.08. The average molecular weight is 266 g/mol. The third-order valence-corrected chi connectivity index (χ3v) is 3.52. The highest BCUT2D eigenvalue weighted by atomic mass is 15.0. The second kappa shape index (κ2) is 5.06. The van der Waals surface area contributed by atoms with Crippen molar-refractivity contribution in [2.24, 2.45) is 5.73 Å². The van der Waals surface area contributed by atoms with Crippen LogP contribution >= 0.6 is 0 Å². The number of hydrogen-bond donors (Lipinski definition) is 2. The van der Waals surface area contributed by atoms with E-state index in [4.69, 9.17) is 10.7 Å². The van der Waals surface area contributed by atoms with Crippen LogP contribution in [0, 0.1) is 6.92 Å². The lowest BCUT2D eigenvalue weighted by Gasteiger charge is -2.06. The van der Waals surface area contributed by atoms with Gasteiger partial charge in [-0.05, 0) is 25.0 Å². The number of H-pyrrole nitrogens is 1. The number of aryl methyl sites for hydroxylation is 2. The van der Waals surface area contributed by atoms with Gasteiger partial charge in [-0.15, -0.1) is 0 Å². The number of nitrogens with one attached hydrogen (secondary N) is 1. The van der Waals surface area contributed by atoms with Crippen molar-refractivity contribution in [1.82, 2.24) is 15.0 Å². The van der Waals surface area contributed by atoms with Gasteiger partial charge in [-0.25, -0.2) is 9.97 Å². The lowest BCUT2D eigenvalue weighted by atomic mass is 10.1. The van der Waals surface area contributed by atoms with Crippen LogP contribution in [0.5, 0.6) is 0 Å². The Morgan fingerprint density at radius 1 is 1.25 bits per heavy atom. The standard InChI is InChI=1S/C16H18N4/c1-3-13-14-12(8-17)9-18-16(14)20-15(19-13)11-6-4-5-10(2)7-11/h4-7,9H,3,8,17H2,1-2H3,(H,18,19,20). The molecular weight excluding hydrogens is 248 g/mol. The van der Waals surface area contributed by atoms with E-state index in [1.165, 1.54) is 5.56 Å². The molecule has 3 N–H and O–H groups in total. The van der Waals surface area contributed by atoms with Crippen LogP contribution in [0.3, 0.4) is 0 Å². The van der Waals surface area contributed by atoms with Crippen molar-refractivity contribution in [2.75, 3.05) is 0 Å². The van der Waals surface area contributed by atoms with Gasteiger partial charge >= 0.3 is 0 Å². The first kappa shape index (κ1) is 12.8. The normalized spacial score (nSPS) is 11.2. The summed E-state index contributed by atoms with van der Waals surface area (Å²) in [6.45, 7) is 4.68. The molecule has 102 valence electrons. The van der Waals surface area contributed by atoms with E-state index in [0.717, 1.165) is 40.1 Å². The van der Waals surface area contributed by atoms with Crippen molar-refractivity contribution in [3.8, 4) is 11.4 Å². The fourth-order valence-electron chi connectivity index (χ4n) is 2.51. The molecule has 20 heavy (non-hydrogen) atoms. The number of nitrogens with two attached hydrogens (primary N) is 1. The van der Waals surface area contributed by atoms with Crippen LogP contribution in [-0.4, -0.2) is 15.0 Å². The summed E-state index contributed by atoms with van der Waals surface area (Å²) >= 11 is 0. The predicted molar refractivity (Wildman–Crippen MR) is 81.3 cm³/mol. The maximum absolute atomic E-state index is 5.78. The molecule has 0 aliphatic rings. The summed E-state index contributed by atoms with van der Waals surface area (Å²) in [5, 5.41) is 1.08. The smallest absolute Gasteiger partial charge is 0.161 e. The van der Waals surface area contributed by atoms with Crippen LogP contribution in [0.25, 0.3) is 22.4 Å². The lowest BCUT2D eigenvalue weighted by molar-refractivity contribution is 1.02. The van der Waals surface area contributed by atoms with E-state index in [1.54, 1.807) is 0 Å². The summed E-state index contributed by atoms with van der Waals surface area (Å²) in [5.74, 6) is 0.767. The minimum Gasteiger partial charge on any atom is -0.346 e. The molecule has 4 heteroatoms. The Bertz CT molecular complexity index is 758. The van der Waals surface area contributed by atoms with Gasteiger partial charge in [-0.2, -0.15) is 0 Å². The Morgan fingerprint density at radius 2 is 2.10 bits per heavy atom. The first-order valence-corrected chi connectivity index (χ1v) is 6.87. The van der Waals surface area contributed by atoms with Gasteiger partial charge < -0.3 is 10.7 Å². The number of nitrogens with zero attached hydrogens (tertiary/aromatic N) is 2. The van der Waals surface area contributed by atoms with E-state index in [1.807, 2.05) is 18.3 Å². The number of rotatable bonds is 3. The first-order chi connectivity index (χ1) is 9.72. The van der Waals surface area contributed by atoms with E-state index < -0.39 is 0 Å². The van der Waals surface area contributed by atoms with E-state index >= 15 is 0 Å². The van der Waals surface area contributed by atoms with Gasteiger partial charge in [-0.1, -0.05) is 30.7 Å². The first-order valence-electron chi connectivity index (χ1n) is 6.87. The number of aromatic amines is 1. The summed E-state index contributed by atoms with van der Waals surface area (Å²) in [6, 6.07) is 8.25. The molecule has 2 heterocycles. The molecule has 2 aromatic heterocycles. The molecule has 0 atom stereocenters. The molecule has 0 saturated carbocycles. The van der Waals surface area contributed by atoms with E-state index in [2.05, 4.69) is 35.9 Å². The zero-order chi connectivity index (χ0) is 14.1. The molecule has 0 radical (unpaired) electrons. The third-order valence-electron chi connectivity index (χ3n) is 3.52. The molecule has 4 nitrogen and oxygen atoms in total. The molecule has 3 aromatic rings. The summed E-state index contributed by atoms with van der Waals surface area (Å²) in [4.78, 5) is 12.6. The van der Waals surface area contributed by atoms with Crippen LogP contribution in [0.4, 0.5) is 0 Å². The van der Waals surface area contributed by atoms with Crippen LogP contribution in [0.15, 0.2) is 30.5 Å². The van der Waals surface area contributed by atoms with Gasteiger partial charge in [0, 0.05) is 23.7 Å². The summed E-state index contributed by atoms with van der Waals surface area (Å²) in [6.07, 6.45) is 2.79. The minimum atomic E-state index is 0.500. The maximum atomic E-state index is 5.78. The average Bonchev–Trinajstić information content (AvgIpc) is 2.89. The second-order valence-corrected chi connectivity index (χ2v) is 4.96. The highest BCUT2D eigenvalue weighted by Gasteiger charge is 2.12. The van der Waals surface area contributed by atoms with Crippen molar-refractivity contribution in [3.05, 3.63) is 47.3 Å². The van der Waals surface area contributed by atoms with E-state index in [0.29, 0.717) is 6.54 Å². The Morgan fingerprint density at radius 3 is 2.80 bits per heavy atom. The predicted octanol–water partition coefficient (Wildman–Crippen LogP) is 2.95. The van der Waals surface area contributed by atoms with Crippen LogP contribution in [0.1, 0.15) is 23.7 Å². The van der Waals surface area contributed by atoms with E-state index in [-0.39, 0.29) is 0 Å². The molecule has 3 rings (SSSR count). The SMILES string of the molecule is CCc1nc(-c2cccc(C)c2)nc2[nH]cc(CN)c12. The lowest BCUT2D eigenvalue weighted by Crippen LogP contribution is -2.00. The zero-order valence-corrected chi connectivity index (χ0v) is 11.8. The van der Waals surface area contributed by atoms with Crippen molar-refractivity contribution < 1.29 is 0 Å². The highest BCUT2D eigenvalue weighted by Crippen LogP contribution is 2.24. The van der Waals surface area contributed by atoms with E-state index in [9.17, 15) is 0 Å². The van der Waals surface area contributed by atoms with Crippen molar-refractivity contribution in [3.63, 3.8) is 0 Å². The molecule has 0 fully saturated rings. The fraction of sp³-hybridized carbons (Fsp3) is 0.250. The van der Waals surface area contributed by atoms with Crippen molar-refractivity contribution in [1.29, 1.82) is 0 Å². The molecule has 0 spiro atoms. The van der Waals surface area contributed by atoms with Crippen LogP contribution in [-0.2, 0) is 13.0 Å². The molecule has 0 aliphatic carbocycles. The maximum Gasteiger partial charge on any atom is 0.161 e. The molecule has 0 bridgehead atoms. The summed E-state index contributed by atoms with van der Waals surface area (Å²) in [5.41, 5.74) is 11.0. The molecular formula is C16H18N4. The molecule has 1 aromatic carbocycles. The van der Waals surface area contributed by atoms with Crippen LogP contribution in [0.2, 0.25) is 0 Å². The van der Waals surface area contributed by atoms with Gasteiger partial charge in [0.25, 0.3) is 0 Å². The number of hydrogen-bond acceptors (Lipinski definition) is 3. The van der Waals surface area contributed by atoms with Gasteiger partial charge in [0.2, 0.25) is 0 Å². The number of benzene rings is 1. The Balaban J connectivity index is 2.23. The largest absolute Gasteiger partial charge is 0.346 e. The summed E-state index contributed by atoms with van der Waals surface area (Å²) < 4.78 is 0. The second-order valence-electron chi connectivity index (χ2n) is 4.96. The topological polar surface area (TPSA) is 67.6 Å². The summed E-state index contributed by atoms with van der Waals surface area (Å²) in [7, 11) is 0. The van der Waals surface area contributed by atoms with Gasteiger partial charge in [0.1, 0.15) is 5.65 Å². The van der Waals surface area contributed by atoms with Gasteiger partial charge in [0.15, 0.2) is 5.82 Å². The minimum absolute atomic E-state index is 0.500. The van der Waals surface area contributed by atoms with Gasteiger partial charge in [0.05, 0.1) is 5.69 Å². The molecule has 0 aliphatic heterocycles. The van der Waals surface area contributed by atoms with Crippen LogP contribution < -0.4 is 5.73 Å². The quantitative estimate of drug-likeness (QED) is 0.766. The molecule has 0 unspecified atom stereocenters. The number of aromatic nitrogens is 3. The Labute approximate surface area is 118 Å². The monoisotopic (exact) mass is 266 g/mol. The Hall–Kier alpha value is -2.20. The van der Waals surface area contributed by atoms with Crippen molar-refractivity contribution in [2.45, 2.75) is 26.8 Å². The molecule has 0 amide bonds.